The normalized spacial score (nSPS) is 17.9. The molecule has 5 heteroatoms. The van der Waals surface area contributed by atoms with Crippen LogP contribution >= 0.6 is 0 Å². The molecule has 1 aliphatic rings. The lowest BCUT2D eigenvalue weighted by Gasteiger charge is -2.26. The van der Waals surface area contributed by atoms with Gasteiger partial charge in [0.2, 0.25) is 0 Å². The summed E-state index contributed by atoms with van der Waals surface area (Å²) in [6.07, 6.45) is 0. The van der Waals surface area contributed by atoms with E-state index in [4.69, 9.17) is 5.73 Å². The lowest BCUT2D eigenvalue weighted by atomic mass is 10.1. The minimum Gasteiger partial charge on any atom is -0.383 e. The molecule has 1 aliphatic heterocycles. The molecule has 0 saturated carbocycles. The number of anilines is 1. The van der Waals surface area contributed by atoms with Crippen LogP contribution in [0.25, 0.3) is 10.9 Å². The van der Waals surface area contributed by atoms with Crippen LogP contribution in [-0.4, -0.2) is 38.7 Å². The topological polar surface area (TPSA) is 59.2 Å². The third kappa shape index (κ3) is 2.77. The molecule has 0 radical (unpaired) electrons. The van der Waals surface area contributed by atoms with Gasteiger partial charge in [0, 0.05) is 52.9 Å². The van der Waals surface area contributed by atoms with E-state index in [0.717, 1.165) is 47.6 Å². The van der Waals surface area contributed by atoms with E-state index in [1.165, 1.54) is 0 Å². The zero-order valence-corrected chi connectivity index (χ0v) is 11.5. The molecule has 0 amide bonds. The summed E-state index contributed by atoms with van der Waals surface area (Å²) in [5.41, 5.74) is 8.03. The standard InChI is InChI=1S/C14H17N3OS/c15-14-12(10-17-5-7-19(18)8-6-17)9-11-3-1-2-4-13(11)16-14/h1-4,9H,5-8,10H2,(H2,15,16). The van der Waals surface area contributed by atoms with Crippen molar-refractivity contribution in [2.45, 2.75) is 6.54 Å². The monoisotopic (exact) mass is 275 g/mol. The maximum atomic E-state index is 11.4. The Labute approximate surface area is 115 Å². The van der Waals surface area contributed by atoms with Crippen LogP contribution in [0.1, 0.15) is 5.56 Å². The number of rotatable bonds is 2. The fraction of sp³-hybridized carbons (Fsp3) is 0.357. The van der Waals surface area contributed by atoms with Crippen LogP contribution in [0.3, 0.4) is 0 Å². The van der Waals surface area contributed by atoms with Crippen LogP contribution in [0, 0.1) is 0 Å². The van der Waals surface area contributed by atoms with Gasteiger partial charge in [-0.15, -0.1) is 0 Å². The SMILES string of the molecule is Nc1nc2ccccc2cc1CN1CCS(=O)CC1. The molecule has 1 aromatic heterocycles. The maximum Gasteiger partial charge on any atom is 0.128 e. The first-order chi connectivity index (χ1) is 9.22. The first-order valence-electron chi connectivity index (χ1n) is 6.44. The smallest absolute Gasteiger partial charge is 0.128 e. The number of benzene rings is 1. The van der Waals surface area contributed by atoms with Gasteiger partial charge in [-0.05, 0) is 12.1 Å². The summed E-state index contributed by atoms with van der Waals surface area (Å²) in [4.78, 5) is 6.74. The summed E-state index contributed by atoms with van der Waals surface area (Å²) >= 11 is 0. The number of pyridine rings is 1. The Bertz CT molecular complexity index is 619. The van der Waals surface area contributed by atoms with Crippen LogP contribution in [0.5, 0.6) is 0 Å². The van der Waals surface area contributed by atoms with Crippen molar-refractivity contribution in [3.63, 3.8) is 0 Å². The van der Waals surface area contributed by atoms with E-state index in [2.05, 4.69) is 22.0 Å². The largest absolute Gasteiger partial charge is 0.383 e. The third-order valence-corrected chi connectivity index (χ3v) is 4.78. The maximum absolute atomic E-state index is 11.4. The highest BCUT2D eigenvalue weighted by atomic mass is 32.2. The lowest BCUT2D eigenvalue weighted by molar-refractivity contribution is 0.292. The first-order valence-corrected chi connectivity index (χ1v) is 7.92. The molecule has 0 atom stereocenters. The number of nitrogens with zero attached hydrogens (tertiary/aromatic N) is 2. The Balaban J connectivity index is 1.84. The second-order valence-electron chi connectivity index (χ2n) is 4.85. The Morgan fingerprint density at radius 3 is 2.79 bits per heavy atom. The van der Waals surface area contributed by atoms with E-state index in [1.54, 1.807) is 0 Å². The number of fused-ring (bicyclic) bond motifs is 1. The molecular weight excluding hydrogens is 258 g/mol. The third-order valence-electron chi connectivity index (χ3n) is 3.50. The fourth-order valence-electron chi connectivity index (χ4n) is 2.38. The molecule has 2 N–H and O–H groups in total. The summed E-state index contributed by atoms with van der Waals surface area (Å²) in [7, 11) is -0.635. The van der Waals surface area contributed by atoms with Gasteiger partial charge in [-0.2, -0.15) is 0 Å². The fourth-order valence-corrected chi connectivity index (χ4v) is 3.50. The van der Waals surface area contributed by atoms with Crippen LogP contribution in [-0.2, 0) is 17.3 Å². The van der Waals surface area contributed by atoms with Gasteiger partial charge in [0.05, 0.1) is 5.52 Å². The molecule has 19 heavy (non-hydrogen) atoms. The first kappa shape index (κ1) is 12.6. The molecule has 0 unspecified atom stereocenters. The quantitative estimate of drug-likeness (QED) is 0.899. The van der Waals surface area contributed by atoms with Crippen LogP contribution in [0.2, 0.25) is 0 Å². The molecule has 1 aromatic carbocycles. The van der Waals surface area contributed by atoms with Gasteiger partial charge in [0.25, 0.3) is 0 Å². The summed E-state index contributed by atoms with van der Waals surface area (Å²) in [6, 6.07) is 10.1. The van der Waals surface area contributed by atoms with Crippen molar-refractivity contribution in [2.75, 3.05) is 30.3 Å². The van der Waals surface area contributed by atoms with Crippen LogP contribution in [0.15, 0.2) is 30.3 Å². The molecule has 3 rings (SSSR count). The van der Waals surface area contributed by atoms with Crippen molar-refractivity contribution in [2.24, 2.45) is 0 Å². The number of hydrogen-bond donors (Lipinski definition) is 1. The highest BCUT2D eigenvalue weighted by Gasteiger charge is 2.16. The van der Waals surface area contributed by atoms with Crippen molar-refractivity contribution >= 4 is 27.5 Å². The van der Waals surface area contributed by atoms with Gasteiger partial charge >= 0.3 is 0 Å². The van der Waals surface area contributed by atoms with Crippen molar-refractivity contribution in [3.8, 4) is 0 Å². The minimum absolute atomic E-state index is 0.602. The van der Waals surface area contributed by atoms with E-state index < -0.39 is 10.8 Å². The molecule has 4 nitrogen and oxygen atoms in total. The van der Waals surface area contributed by atoms with Crippen molar-refractivity contribution in [1.82, 2.24) is 9.88 Å². The molecule has 1 saturated heterocycles. The van der Waals surface area contributed by atoms with Gasteiger partial charge in [-0.25, -0.2) is 4.98 Å². The van der Waals surface area contributed by atoms with Gasteiger partial charge in [-0.3, -0.25) is 9.11 Å². The second kappa shape index (κ2) is 5.27. The number of nitrogens with two attached hydrogens (primary N) is 1. The average molecular weight is 275 g/mol. The minimum atomic E-state index is -0.635. The number of para-hydroxylation sites is 1. The molecular formula is C14H17N3OS. The van der Waals surface area contributed by atoms with Crippen molar-refractivity contribution < 1.29 is 4.21 Å². The molecule has 2 heterocycles. The van der Waals surface area contributed by atoms with Crippen molar-refractivity contribution in [1.29, 1.82) is 0 Å². The zero-order valence-electron chi connectivity index (χ0n) is 10.7. The number of nitrogen functional groups attached to an aromatic ring is 1. The van der Waals surface area contributed by atoms with E-state index in [9.17, 15) is 4.21 Å². The predicted molar refractivity (Wildman–Crippen MR) is 79.3 cm³/mol. The molecule has 1 fully saturated rings. The molecule has 2 aromatic rings. The lowest BCUT2D eigenvalue weighted by Crippen LogP contribution is -2.37. The van der Waals surface area contributed by atoms with Crippen molar-refractivity contribution in [3.05, 3.63) is 35.9 Å². The Morgan fingerprint density at radius 1 is 1.26 bits per heavy atom. The van der Waals surface area contributed by atoms with E-state index in [1.807, 2.05) is 18.2 Å². The van der Waals surface area contributed by atoms with Gasteiger partial charge in [0.1, 0.15) is 5.82 Å². The van der Waals surface area contributed by atoms with Gasteiger partial charge < -0.3 is 5.73 Å². The highest BCUT2D eigenvalue weighted by molar-refractivity contribution is 7.85. The highest BCUT2D eigenvalue weighted by Crippen LogP contribution is 2.20. The number of hydrogen-bond acceptors (Lipinski definition) is 4. The molecule has 100 valence electrons. The Morgan fingerprint density at radius 2 is 2.00 bits per heavy atom. The van der Waals surface area contributed by atoms with Gasteiger partial charge in [-0.1, -0.05) is 18.2 Å². The average Bonchev–Trinajstić information content (AvgIpc) is 2.42. The van der Waals surface area contributed by atoms with Crippen LogP contribution < -0.4 is 5.73 Å². The Kier molecular flexibility index (Phi) is 3.48. The van der Waals surface area contributed by atoms with Gasteiger partial charge in [0.15, 0.2) is 0 Å². The second-order valence-corrected chi connectivity index (χ2v) is 6.55. The summed E-state index contributed by atoms with van der Waals surface area (Å²) < 4.78 is 11.4. The molecule has 0 spiro atoms. The molecule has 0 aliphatic carbocycles. The van der Waals surface area contributed by atoms with E-state index in [-0.39, 0.29) is 0 Å². The Hall–Kier alpha value is -1.46. The van der Waals surface area contributed by atoms with Crippen LogP contribution in [0.4, 0.5) is 5.82 Å². The molecule has 0 bridgehead atoms. The summed E-state index contributed by atoms with van der Waals surface area (Å²) in [6.45, 7) is 2.54. The summed E-state index contributed by atoms with van der Waals surface area (Å²) in [5, 5.41) is 1.12. The number of aromatic nitrogens is 1. The van der Waals surface area contributed by atoms with E-state index >= 15 is 0 Å². The summed E-state index contributed by atoms with van der Waals surface area (Å²) in [5.74, 6) is 2.13. The zero-order chi connectivity index (χ0) is 13.2. The van der Waals surface area contributed by atoms with E-state index in [0.29, 0.717) is 5.82 Å². The predicted octanol–water partition coefficient (Wildman–Crippen LogP) is 1.38.